The van der Waals surface area contributed by atoms with Crippen molar-refractivity contribution in [3.63, 3.8) is 0 Å². The van der Waals surface area contributed by atoms with Crippen molar-refractivity contribution in [1.29, 1.82) is 0 Å². The van der Waals surface area contributed by atoms with Crippen LogP contribution in [0, 0.1) is 12.8 Å². The Bertz CT molecular complexity index is 670. The molecule has 1 aliphatic heterocycles. The molecule has 27 heavy (non-hydrogen) atoms. The molecule has 1 aliphatic rings. The van der Waals surface area contributed by atoms with Crippen molar-refractivity contribution in [2.45, 2.75) is 65.0 Å². The zero-order chi connectivity index (χ0) is 20.6. The van der Waals surface area contributed by atoms with Gasteiger partial charge in [0.2, 0.25) is 0 Å². The number of aromatic nitrogens is 1. The molecule has 0 aliphatic carbocycles. The molecule has 4 N–H and O–H groups in total. The van der Waals surface area contributed by atoms with E-state index in [0.717, 1.165) is 17.8 Å². The third-order valence-corrected chi connectivity index (χ3v) is 10.3. The van der Waals surface area contributed by atoms with Crippen molar-refractivity contribution in [3.05, 3.63) is 18.0 Å². The molecule has 8 heteroatoms. The van der Waals surface area contributed by atoms with Crippen molar-refractivity contribution >= 4 is 25.8 Å². The van der Waals surface area contributed by atoms with E-state index in [9.17, 15) is 4.79 Å². The summed E-state index contributed by atoms with van der Waals surface area (Å²) in [4.78, 5) is 17.9. The van der Waals surface area contributed by atoms with Gasteiger partial charge in [-0.3, -0.25) is 4.98 Å². The predicted octanol–water partition coefficient (Wildman–Crippen LogP) is 3.28. The van der Waals surface area contributed by atoms with E-state index >= 15 is 0 Å². The summed E-state index contributed by atoms with van der Waals surface area (Å²) in [7, 11) is -2.04. The molecule has 2 rings (SSSR count). The molecule has 0 unspecified atom stereocenters. The van der Waals surface area contributed by atoms with Crippen LogP contribution < -0.4 is 16.4 Å². The molecule has 0 radical (unpaired) electrons. The second kappa shape index (κ2) is 7.67. The monoisotopic (exact) mass is 394 g/mol. The molecule has 2 heterocycles. The Labute approximate surface area is 163 Å². The lowest BCUT2D eigenvalue weighted by molar-refractivity contribution is -0.0211. The van der Waals surface area contributed by atoms with Crippen LogP contribution in [0.5, 0.6) is 0 Å². The molecule has 1 amide bonds. The van der Waals surface area contributed by atoms with Crippen LogP contribution in [0.2, 0.25) is 18.1 Å². The molecule has 1 aromatic heterocycles. The SMILES string of the molecule is Cc1cncc(N)c1N1C[C@H](C)[C@@H](O[Si](C)(C)C(C)(C)C)[C@H](OC(N)=O)C1. The first kappa shape index (κ1) is 21.5. The van der Waals surface area contributed by atoms with Gasteiger partial charge in [0, 0.05) is 18.7 Å². The van der Waals surface area contributed by atoms with E-state index in [0.29, 0.717) is 12.2 Å². The van der Waals surface area contributed by atoms with Gasteiger partial charge < -0.3 is 25.5 Å². The number of piperidine rings is 1. The van der Waals surface area contributed by atoms with E-state index < -0.39 is 20.5 Å². The molecule has 1 saturated heterocycles. The Kier molecular flexibility index (Phi) is 6.11. The Balaban J connectivity index is 2.32. The summed E-state index contributed by atoms with van der Waals surface area (Å²) < 4.78 is 12.2. The zero-order valence-corrected chi connectivity index (χ0v) is 18.6. The van der Waals surface area contributed by atoms with E-state index in [2.05, 4.69) is 50.7 Å². The summed E-state index contributed by atoms with van der Waals surface area (Å²) in [5.74, 6) is 0.143. The van der Waals surface area contributed by atoms with E-state index in [-0.39, 0.29) is 17.1 Å². The molecule has 0 saturated carbocycles. The van der Waals surface area contributed by atoms with Crippen LogP contribution in [0.4, 0.5) is 16.2 Å². The third kappa shape index (κ3) is 4.73. The first-order chi connectivity index (χ1) is 12.3. The summed E-state index contributed by atoms with van der Waals surface area (Å²) in [6, 6.07) is 0. The Morgan fingerprint density at radius 2 is 1.93 bits per heavy atom. The maximum atomic E-state index is 11.6. The molecule has 7 nitrogen and oxygen atoms in total. The number of hydrogen-bond donors (Lipinski definition) is 2. The van der Waals surface area contributed by atoms with Crippen LogP contribution in [0.3, 0.4) is 0 Å². The normalized spacial score (nSPS) is 24.0. The smallest absolute Gasteiger partial charge is 0.404 e. The minimum Gasteiger partial charge on any atom is -0.442 e. The number of carbonyl (C=O) groups is 1. The van der Waals surface area contributed by atoms with Crippen LogP contribution in [0.25, 0.3) is 0 Å². The van der Waals surface area contributed by atoms with Gasteiger partial charge in [-0.05, 0) is 30.6 Å². The average molecular weight is 395 g/mol. The lowest BCUT2D eigenvalue weighted by Crippen LogP contribution is -2.59. The number of carbonyl (C=O) groups excluding carboxylic acids is 1. The second-order valence-corrected chi connectivity index (χ2v) is 13.9. The highest BCUT2D eigenvalue weighted by Gasteiger charge is 2.45. The van der Waals surface area contributed by atoms with E-state index in [1.807, 2.05) is 6.92 Å². The molecule has 1 fully saturated rings. The predicted molar refractivity (Wildman–Crippen MR) is 111 cm³/mol. The molecular weight excluding hydrogens is 360 g/mol. The molecule has 0 spiro atoms. The van der Waals surface area contributed by atoms with Crippen molar-refractivity contribution in [2.75, 3.05) is 23.7 Å². The third-order valence-electron chi connectivity index (χ3n) is 5.79. The van der Waals surface area contributed by atoms with Gasteiger partial charge in [0.05, 0.1) is 30.2 Å². The molecule has 1 aromatic rings. The largest absolute Gasteiger partial charge is 0.442 e. The number of rotatable bonds is 4. The fourth-order valence-corrected chi connectivity index (χ4v) is 4.79. The van der Waals surface area contributed by atoms with Gasteiger partial charge in [0.15, 0.2) is 8.32 Å². The van der Waals surface area contributed by atoms with Gasteiger partial charge in [-0.2, -0.15) is 0 Å². The Morgan fingerprint density at radius 1 is 1.30 bits per heavy atom. The first-order valence-corrected chi connectivity index (χ1v) is 12.3. The van der Waals surface area contributed by atoms with Crippen molar-refractivity contribution < 1.29 is 14.0 Å². The number of nitrogens with two attached hydrogens (primary N) is 2. The molecule has 0 aromatic carbocycles. The molecule has 0 bridgehead atoms. The topological polar surface area (TPSA) is 104 Å². The van der Waals surface area contributed by atoms with Crippen molar-refractivity contribution in [1.82, 2.24) is 4.98 Å². The molecule has 152 valence electrons. The summed E-state index contributed by atoms with van der Waals surface area (Å²) in [6.07, 6.45) is 2.01. The number of ether oxygens (including phenoxy) is 1. The van der Waals surface area contributed by atoms with Crippen molar-refractivity contribution in [2.24, 2.45) is 11.7 Å². The van der Waals surface area contributed by atoms with Gasteiger partial charge in [0.1, 0.15) is 6.10 Å². The number of amides is 1. The number of pyridine rings is 1. The standard InChI is InChI=1S/C19H34N4O3Si/c1-12-8-22-9-14(20)16(12)23-10-13(2)17(15(11-23)25-18(21)24)26-27(6,7)19(3,4)5/h8-9,13,15,17H,10-11,20H2,1-7H3,(H2,21,24)/t13-,15+,17+/m0/s1. The van der Waals surface area contributed by atoms with Crippen LogP contribution in [-0.2, 0) is 9.16 Å². The van der Waals surface area contributed by atoms with Gasteiger partial charge in [-0.1, -0.05) is 27.7 Å². The number of nitrogens with zero attached hydrogens (tertiary/aromatic N) is 2. The average Bonchev–Trinajstić information content (AvgIpc) is 2.49. The number of aryl methyl sites for hydroxylation is 1. The van der Waals surface area contributed by atoms with Gasteiger partial charge in [0.25, 0.3) is 0 Å². The number of hydrogen-bond acceptors (Lipinski definition) is 6. The van der Waals surface area contributed by atoms with Crippen LogP contribution in [0.1, 0.15) is 33.3 Å². The summed E-state index contributed by atoms with van der Waals surface area (Å²) in [5.41, 5.74) is 14.1. The van der Waals surface area contributed by atoms with Crippen LogP contribution in [0.15, 0.2) is 12.4 Å². The maximum Gasteiger partial charge on any atom is 0.404 e. The highest BCUT2D eigenvalue weighted by atomic mass is 28.4. The van der Waals surface area contributed by atoms with Gasteiger partial charge in [-0.15, -0.1) is 0 Å². The van der Waals surface area contributed by atoms with E-state index in [4.69, 9.17) is 20.6 Å². The summed E-state index contributed by atoms with van der Waals surface area (Å²) in [5, 5.41) is 0.0627. The number of nitrogen functional groups attached to an aromatic ring is 1. The van der Waals surface area contributed by atoms with E-state index in [1.54, 1.807) is 12.4 Å². The number of anilines is 2. The van der Waals surface area contributed by atoms with Gasteiger partial charge in [-0.25, -0.2) is 4.79 Å². The Morgan fingerprint density at radius 3 is 2.44 bits per heavy atom. The lowest BCUT2D eigenvalue weighted by atomic mass is 9.93. The maximum absolute atomic E-state index is 11.6. The second-order valence-electron chi connectivity index (χ2n) is 9.09. The highest BCUT2D eigenvalue weighted by molar-refractivity contribution is 6.74. The number of primary amides is 1. The lowest BCUT2D eigenvalue weighted by Gasteiger charge is -2.48. The summed E-state index contributed by atoms with van der Waals surface area (Å²) >= 11 is 0. The quantitative estimate of drug-likeness (QED) is 0.760. The summed E-state index contributed by atoms with van der Waals surface area (Å²) in [6.45, 7) is 16.4. The highest BCUT2D eigenvalue weighted by Crippen LogP contribution is 2.40. The van der Waals surface area contributed by atoms with Gasteiger partial charge >= 0.3 is 6.09 Å². The van der Waals surface area contributed by atoms with Crippen molar-refractivity contribution in [3.8, 4) is 0 Å². The Hall–Kier alpha value is -1.80. The van der Waals surface area contributed by atoms with E-state index in [1.165, 1.54) is 0 Å². The fraction of sp³-hybridized carbons (Fsp3) is 0.684. The minimum atomic E-state index is -2.04. The van der Waals surface area contributed by atoms with Crippen LogP contribution >= 0.6 is 0 Å². The first-order valence-electron chi connectivity index (χ1n) is 9.42. The fourth-order valence-electron chi connectivity index (χ4n) is 3.37. The molecular formula is C19H34N4O3Si. The van der Waals surface area contributed by atoms with Crippen LogP contribution in [-0.4, -0.2) is 44.7 Å². The molecule has 3 atom stereocenters. The zero-order valence-electron chi connectivity index (χ0n) is 17.6. The minimum absolute atomic E-state index is 0.0627.